The van der Waals surface area contributed by atoms with Crippen LogP contribution in [0.5, 0.6) is 11.5 Å². The number of carbonyl (C=O) groups is 2. The molecule has 0 saturated heterocycles. The van der Waals surface area contributed by atoms with Crippen LogP contribution in [0.4, 0.5) is 9.59 Å². The predicted molar refractivity (Wildman–Crippen MR) is 130 cm³/mol. The van der Waals surface area contributed by atoms with Gasteiger partial charge in [0, 0.05) is 14.2 Å². The number of ether oxygens (including phenoxy) is 2. The molecule has 0 heterocycles. The van der Waals surface area contributed by atoms with Crippen molar-refractivity contribution in [3.05, 3.63) is 60.7 Å². The normalized spacial score (nSPS) is 11.7. The molecule has 0 N–H and O–H groups in total. The maximum Gasteiger partial charge on any atom is 0.569 e. The summed E-state index contributed by atoms with van der Waals surface area (Å²) in [6.45, 7) is 6.05. The predicted octanol–water partition coefficient (Wildman–Crippen LogP) is 6.26. The zero-order valence-electron chi connectivity index (χ0n) is 20.8. The van der Waals surface area contributed by atoms with Crippen LogP contribution in [0.2, 0.25) is 0 Å². The van der Waals surface area contributed by atoms with Crippen molar-refractivity contribution < 1.29 is 46.3 Å². The van der Waals surface area contributed by atoms with Crippen LogP contribution in [0.15, 0.2) is 60.7 Å². The summed E-state index contributed by atoms with van der Waals surface area (Å²) in [5.41, 5.74) is 0. The average molecular weight is 544 g/mol. The molecule has 2 amide bonds. The first-order valence-electron chi connectivity index (χ1n) is 10.8. The number of rotatable bonds is 10. The van der Waals surface area contributed by atoms with E-state index >= 15 is 0 Å². The second-order valence-corrected chi connectivity index (χ2v) is 11.3. The molecule has 0 aliphatic carbocycles. The topological polar surface area (TPSA) is 130 Å². The van der Waals surface area contributed by atoms with Crippen LogP contribution in [0.25, 0.3) is 0 Å². The summed E-state index contributed by atoms with van der Waals surface area (Å²) < 4.78 is 60.0. The third-order valence-electron chi connectivity index (χ3n) is 4.03. The van der Waals surface area contributed by atoms with Crippen LogP contribution in [-0.4, -0.2) is 48.2 Å². The third-order valence-corrected chi connectivity index (χ3v) is 7.59. The van der Waals surface area contributed by atoms with Gasteiger partial charge in [-0.1, -0.05) is 41.2 Å². The van der Waals surface area contributed by atoms with Crippen molar-refractivity contribution in [3.63, 3.8) is 0 Å². The number of para-hydroxylation sites is 2. The maximum absolute atomic E-state index is 14.5. The molecule has 0 bridgehead atoms. The lowest BCUT2D eigenvalue weighted by Crippen LogP contribution is -2.49. The first-order valence-corrected chi connectivity index (χ1v) is 13.8. The van der Waals surface area contributed by atoms with E-state index in [-0.39, 0.29) is 21.1 Å². The standard InChI is InChI=1S/C22H30N2O10P2/c1-17(2)31-21(25)23(35(27,29-5)30-6)24(22(26)32-18(3)4)36(28,33-19-13-9-7-10-14-19)34-20-15-11-8-12-16-20/h7-18H,1-6H3. The van der Waals surface area contributed by atoms with Gasteiger partial charge in [0.1, 0.15) is 11.5 Å². The fraction of sp³-hybridized carbons (Fsp3) is 0.364. The van der Waals surface area contributed by atoms with Crippen molar-refractivity contribution in [2.45, 2.75) is 39.9 Å². The lowest BCUT2D eigenvalue weighted by molar-refractivity contribution is 0.0149. The largest absolute Gasteiger partial charge is 0.569 e. The molecule has 0 atom stereocenters. The van der Waals surface area contributed by atoms with Gasteiger partial charge in [-0.2, -0.15) is 0 Å². The fourth-order valence-corrected chi connectivity index (χ4v) is 5.68. The van der Waals surface area contributed by atoms with Crippen LogP contribution in [0, 0.1) is 0 Å². The Bertz CT molecular complexity index is 1050. The minimum Gasteiger partial charge on any atom is -0.445 e. The zero-order chi connectivity index (χ0) is 26.9. The number of carbonyl (C=O) groups excluding carboxylic acids is 2. The minimum absolute atomic E-state index is 0.000884. The van der Waals surface area contributed by atoms with Crippen LogP contribution in [0.1, 0.15) is 27.7 Å². The number of hydrogen-bond donors (Lipinski definition) is 0. The molecule has 0 fully saturated rings. The van der Waals surface area contributed by atoms with E-state index in [1.807, 2.05) is 0 Å². The van der Waals surface area contributed by atoms with E-state index in [9.17, 15) is 18.7 Å². The Kier molecular flexibility index (Phi) is 10.4. The molecule has 0 unspecified atom stereocenters. The van der Waals surface area contributed by atoms with Gasteiger partial charge in [0.15, 0.2) is 0 Å². The minimum atomic E-state index is -5.01. The number of hydrazine groups is 1. The number of hydrogen-bond acceptors (Lipinski definition) is 10. The van der Waals surface area contributed by atoms with E-state index in [1.54, 1.807) is 36.4 Å². The van der Waals surface area contributed by atoms with Gasteiger partial charge in [0.2, 0.25) is 0 Å². The van der Waals surface area contributed by atoms with Crippen LogP contribution >= 0.6 is 15.5 Å². The Morgan fingerprint density at radius 2 is 0.972 bits per heavy atom. The van der Waals surface area contributed by atoms with Crippen molar-refractivity contribution in [3.8, 4) is 11.5 Å². The van der Waals surface area contributed by atoms with E-state index in [2.05, 4.69) is 0 Å². The molecule has 36 heavy (non-hydrogen) atoms. The Hall–Kier alpha value is -3.04. The first kappa shape index (κ1) is 29.2. The van der Waals surface area contributed by atoms with Gasteiger partial charge < -0.3 is 18.5 Å². The van der Waals surface area contributed by atoms with E-state index in [0.29, 0.717) is 0 Å². The summed E-state index contributed by atoms with van der Waals surface area (Å²) in [5.74, 6) is 0.00177. The highest BCUT2D eigenvalue weighted by atomic mass is 31.2. The quantitative estimate of drug-likeness (QED) is 0.249. The van der Waals surface area contributed by atoms with Crippen molar-refractivity contribution in [2.24, 2.45) is 0 Å². The van der Waals surface area contributed by atoms with Gasteiger partial charge in [-0.05, 0) is 52.0 Å². The van der Waals surface area contributed by atoms with Gasteiger partial charge in [-0.3, -0.25) is 9.05 Å². The monoisotopic (exact) mass is 544 g/mol. The number of amides is 2. The van der Waals surface area contributed by atoms with Crippen LogP contribution in [0.3, 0.4) is 0 Å². The molecule has 0 radical (unpaired) electrons. The molecule has 0 aliphatic rings. The second kappa shape index (κ2) is 12.8. The summed E-state index contributed by atoms with van der Waals surface area (Å²) >= 11 is 0. The zero-order valence-corrected chi connectivity index (χ0v) is 22.6. The highest BCUT2D eigenvalue weighted by Crippen LogP contribution is 2.61. The van der Waals surface area contributed by atoms with Gasteiger partial charge in [-0.25, -0.2) is 18.7 Å². The molecule has 0 saturated carbocycles. The van der Waals surface area contributed by atoms with Gasteiger partial charge in [0.05, 0.1) is 12.2 Å². The lowest BCUT2D eigenvalue weighted by Gasteiger charge is -2.37. The van der Waals surface area contributed by atoms with Crippen LogP contribution in [-0.2, 0) is 27.7 Å². The smallest absolute Gasteiger partial charge is 0.445 e. The molecule has 0 aromatic heterocycles. The van der Waals surface area contributed by atoms with Crippen molar-refractivity contribution in [1.29, 1.82) is 0 Å². The first-order chi connectivity index (χ1) is 17.0. The summed E-state index contributed by atoms with van der Waals surface area (Å²) in [6, 6.07) is 15.4. The molecular formula is C22H30N2O10P2. The molecule has 2 rings (SSSR count). The molecule has 14 heteroatoms. The molecule has 2 aromatic carbocycles. The van der Waals surface area contributed by atoms with Crippen LogP contribution < -0.4 is 9.05 Å². The fourth-order valence-electron chi connectivity index (χ4n) is 2.61. The summed E-state index contributed by atoms with van der Waals surface area (Å²) in [6.07, 6.45) is -4.30. The Labute approximate surface area is 210 Å². The third kappa shape index (κ3) is 7.48. The number of benzene rings is 2. The lowest BCUT2D eigenvalue weighted by atomic mass is 10.3. The Balaban J connectivity index is 2.80. The van der Waals surface area contributed by atoms with Crippen molar-refractivity contribution >= 4 is 27.7 Å². The molecule has 0 aliphatic heterocycles. The molecule has 0 spiro atoms. The van der Waals surface area contributed by atoms with Gasteiger partial charge >= 0.3 is 27.7 Å². The summed E-state index contributed by atoms with van der Waals surface area (Å²) in [4.78, 5) is 26.6. The van der Waals surface area contributed by atoms with Crippen molar-refractivity contribution in [2.75, 3.05) is 14.2 Å². The highest BCUT2D eigenvalue weighted by molar-refractivity contribution is 7.56. The summed E-state index contributed by atoms with van der Waals surface area (Å²) in [5, 5.41) is 0. The average Bonchev–Trinajstić information content (AvgIpc) is 2.82. The summed E-state index contributed by atoms with van der Waals surface area (Å²) in [7, 11) is -7.79. The number of nitrogens with zero attached hydrogens (tertiary/aromatic N) is 2. The van der Waals surface area contributed by atoms with E-state index in [1.165, 1.54) is 52.0 Å². The Morgan fingerprint density at radius 1 is 0.639 bits per heavy atom. The van der Waals surface area contributed by atoms with E-state index in [4.69, 9.17) is 27.6 Å². The molecular weight excluding hydrogens is 514 g/mol. The maximum atomic E-state index is 14.5. The highest BCUT2D eigenvalue weighted by Gasteiger charge is 2.56. The SMILES string of the molecule is COP(=O)(OC)N(C(=O)OC(C)C)N(C(=O)OC(C)C)P(=O)(Oc1ccccc1)Oc1ccccc1. The molecule has 198 valence electrons. The van der Waals surface area contributed by atoms with Gasteiger partial charge in [0.25, 0.3) is 0 Å². The van der Waals surface area contributed by atoms with Crippen molar-refractivity contribution in [1.82, 2.24) is 9.56 Å². The Morgan fingerprint density at radius 3 is 1.28 bits per heavy atom. The molecule has 12 nitrogen and oxygen atoms in total. The van der Waals surface area contributed by atoms with E-state index in [0.717, 1.165) is 14.2 Å². The van der Waals surface area contributed by atoms with Gasteiger partial charge in [-0.15, -0.1) is 4.78 Å². The second-order valence-electron chi connectivity index (χ2n) is 7.55. The van der Waals surface area contributed by atoms with E-state index < -0.39 is 39.9 Å². The molecule has 2 aromatic rings.